The molecule has 0 radical (unpaired) electrons. The van der Waals surface area contributed by atoms with Gasteiger partial charge in [-0.05, 0) is 57.8 Å². The van der Waals surface area contributed by atoms with Crippen LogP contribution >= 0.6 is 0 Å². The summed E-state index contributed by atoms with van der Waals surface area (Å²) < 4.78 is 17.7. The van der Waals surface area contributed by atoms with Crippen molar-refractivity contribution in [1.29, 1.82) is 0 Å². The molecule has 0 aromatic carbocycles. The minimum absolute atomic E-state index is 0.0128. The van der Waals surface area contributed by atoms with Crippen molar-refractivity contribution in [2.75, 3.05) is 13.2 Å². The number of amides is 1. The van der Waals surface area contributed by atoms with Crippen molar-refractivity contribution in [1.82, 2.24) is 9.88 Å². The number of likely N-dealkylation sites (tertiary alicyclic amines) is 1. The Morgan fingerprint density at radius 2 is 1.90 bits per heavy atom. The minimum atomic E-state index is -1.83. The zero-order valence-electron chi connectivity index (χ0n) is 19.4. The molecule has 164 valence electrons. The maximum Gasteiger partial charge on any atom is 0.410 e. The van der Waals surface area contributed by atoms with Gasteiger partial charge in [-0.25, -0.2) is 9.78 Å². The highest BCUT2D eigenvalue weighted by Gasteiger charge is 2.37. The summed E-state index contributed by atoms with van der Waals surface area (Å²) in [5.74, 6) is 0.567. The van der Waals surface area contributed by atoms with Gasteiger partial charge in [-0.15, -0.1) is 0 Å². The van der Waals surface area contributed by atoms with E-state index in [2.05, 4.69) is 38.8 Å². The molecule has 1 aliphatic rings. The number of hydrogen-bond acceptors (Lipinski definition) is 5. The fourth-order valence-corrected chi connectivity index (χ4v) is 3.78. The lowest BCUT2D eigenvalue weighted by Gasteiger charge is -2.36. The molecule has 0 N–H and O–H groups in total. The third-order valence-corrected chi connectivity index (χ3v) is 10.1. The minimum Gasteiger partial charge on any atom is -0.475 e. The van der Waals surface area contributed by atoms with E-state index in [9.17, 15) is 4.79 Å². The Morgan fingerprint density at radius 1 is 1.21 bits per heavy atom. The van der Waals surface area contributed by atoms with Crippen molar-refractivity contribution >= 4 is 14.4 Å². The normalized spacial score (nSPS) is 18.1. The van der Waals surface area contributed by atoms with E-state index in [4.69, 9.17) is 13.9 Å². The molecule has 0 spiro atoms. The molecule has 2 heterocycles. The van der Waals surface area contributed by atoms with Gasteiger partial charge in [-0.1, -0.05) is 26.8 Å². The lowest BCUT2D eigenvalue weighted by atomic mass is 10.2. The Bertz CT molecular complexity index is 695. The van der Waals surface area contributed by atoms with Gasteiger partial charge in [0.05, 0.1) is 18.3 Å². The van der Waals surface area contributed by atoms with E-state index < -0.39 is 13.9 Å². The van der Waals surface area contributed by atoms with Crippen molar-refractivity contribution in [2.24, 2.45) is 0 Å². The van der Waals surface area contributed by atoms with Crippen LogP contribution in [-0.2, 0) is 15.8 Å². The van der Waals surface area contributed by atoms with Gasteiger partial charge in [-0.2, -0.15) is 0 Å². The number of rotatable bonds is 6. The molecular weight excluding hydrogens is 384 g/mol. The van der Waals surface area contributed by atoms with E-state index in [1.807, 2.05) is 39.0 Å². The summed E-state index contributed by atoms with van der Waals surface area (Å²) in [5.41, 5.74) is 0.369. The molecule has 7 heteroatoms. The second-order valence-corrected chi connectivity index (χ2v) is 15.1. The van der Waals surface area contributed by atoms with Crippen LogP contribution in [0.5, 0.6) is 5.88 Å². The van der Waals surface area contributed by atoms with Crippen LogP contribution in [0.1, 0.15) is 60.1 Å². The monoisotopic (exact) mass is 422 g/mol. The van der Waals surface area contributed by atoms with E-state index in [0.29, 0.717) is 25.6 Å². The molecule has 1 amide bonds. The second kappa shape index (κ2) is 9.04. The van der Waals surface area contributed by atoms with E-state index in [1.165, 1.54) is 0 Å². The molecule has 0 unspecified atom stereocenters. The molecular formula is C22H38N2O4Si. The third-order valence-electron chi connectivity index (χ3n) is 5.60. The lowest BCUT2D eigenvalue weighted by molar-refractivity contribution is 0.0185. The molecule has 1 fully saturated rings. The maximum atomic E-state index is 12.4. The maximum absolute atomic E-state index is 12.4. The number of hydrogen-bond donors (Lipinski definition) is 0. The zero-order valence-corrected chi connectivity index (χ0v) is 20.4. The van der Waals surface area contributed by atoms with Gasteiger partial charge in [0.1, 0.15) is 12.2 Å². The van der Waals surface area contributed by atoms with Gasteiger partial charge < -0.3 is 18.8 Å². The third kappa shape index (κ3) is 6.99. The van der Waals surface area contributed by atoms with E-state index in [0.717, 1.165) is 18.5 Å². The van der Waals surface area contributed by atoms with Crippen LogP contribution < -0.4 is 4.74 Å². The summed E-state index contributed by atoms with van der Waals surface area (Å²) in [6.45, 7) is 18.4. The van der Waals surface area contributed by atoms with Crippen molar-refractivity contribution in [3.05, 3.63) is 23.9 Å². The molecule has 29 heavy (non-hydrogen) atoms. The van der Waals surface area contributed by atoms with Crippen molar-refractivity contribution in [2.45, 2.75) is 90.8 Å². The molecule has 1 saturated heterocycles. The second-order valence-electron chi connectivity index (χ2n) is 10.3. The number of carbonyl (C=O) groups excluding carboxylic acids is 1. The fourth-order valence-electron chi connectivity index (χ4n) is 2.84. The topological polar surface area (TPSA) is 60.9 Å². The van der Waals surface area contributed by atoms with Crippen LogP contribution in [0.3, 0.4) is 0 Å². The number of aromatic nitrogens is 1. The Kier molecular flexibility index (Phi) is 7.38. The van der Waals surface area contributed by atoms with Gasteiger partial charge in [0.25, 0.3) is 0 Å². The quantitative estimate of drug-likeness (QED) is 0.576. The molecule has 1 aromatic heterocycles. The molecule has 2 rings (SSSR count). The summed E-state index contributed by atoms with van der Waals surface area (Å²) in [4.78, 5) is 18.8. The molecule has 6 nitrogen and oxygen atoms in total. The van der Waals surface area contributed by atoms with Crippen molar-refractivity contribution < 1.29 is 18.7 Å². The summed E-state index contributed by atoms with van der Waals surface area (Å²) in [5, 5.41) is 0.161. The van der Waals surface area contributed by atoms with Crippen LogP contribution in [0.15, 0.2) is 18.2 Å². The van der Waals surface area contributed by atoms with Crippen LogP contribution in [0, 0.1) is 0 Å². The predicted molar refractivity (Wildman–Crippen MR) is 118 cm³/mol. The average Bonchev–Trinajstić information content (AvgIpc) is 3.05. The average molecular weight is 423 g/mol. The molecule has 1 aliphatic heterocycles. The highest BCUT2D eigenvalue weighted by atomic mass is 28.4. The van der Waals surface area contributed by atoms with Crippen LogP contribution in [-0.4, -0.2) is 49.1 Å². The Morgan fingerprint density at radius 3 is 2.52 bits per heavy atom. The molecule has 1 aromatic rings. The summed E-state index contributed by atoms with van der Waals surface area (Å²) in [7, 11) is -1.83. The standard InChI is InChI=1S/C22H38N2O4Si/c1-21(2,3)28-20(25)24-14-10-12-18(24)16-26-19-13-9-11-17(23-19)15-27-29(7,8)22(4,5)6/h9,11,13,18H,10,12,14-16H2,1-8H3/t18-/m1/s1. The van der Waals surface area contributed by atoms with Crippen LogP contribution in [0.2, 0.25) is 18.1 Å². The van der Waals surface area contributed by atoms with E-state index in [1.54, 1.807) is 4.90 Å². The lowest BCUT2D eigenvalue weighted by Crippen LogP contribution is -2.42. The summed E-state index contributed by atoms with van der Waals surface area (Å²) >= 11 is 0. The number of ether oxygens (including phenoxy) is 2. The first kappa shape index (κ1) is 23.7. The smallest absolute Gasteiger partial charge is 0.410 e. The van der Waals surface area contributed by atoms with Crippen molar-refractivity contribution in [3.63, 3.8) is 0 Å². The highest BCUT2D eigenvalue weighted by molar-refractivity contribution is 6.74. The molecule has 0 aliphatic carbocycles. The summed E-state index contributed by atoms with van der Waals surface area (Å²) in [6.07, 6.45) is 1.60. The largest absolute Gasteiger partial charge is 0.475 e. The highest BCUT2D eigenvalue weighted by Crippen LogP contribution is 2.37. The first-order valence-corrected chi connectivity index (χ1v) is 13.4. The predicted octanol–water partition coefficient (Wildman–Crippen LogP) is 5.38. The van der Waals surface area contributed by atoms with E-state index >= 15 is 0 Å². The van der Waals surface area contributed by atoms with Gasteiger partial charge in [0.15, 0.2) is 8.32 Å². The Balaban J connectivity index is 1.92. The molecule has 1 atom stereocenters. The van der Waals surface area contributed by atoms with Gasteiger partial charge in [0.2, 0.25) is 5.88 Å². The number of nitrogens with zero attached hydrogens (tertiary/aromatic N) is 2. The van der Waals surface area contributed by atoms with Gasteiger partial charge in [0, 0.05) is 12.6 Å². The number of pyridine rings is 1. The van der Waals surface area contributed by atoms with Gasteiger partial charge in [-0.3, -0.25) is 0 Å². The van der Waals surface area contributed by atoms with E-state index in [-0.39, 0.29) is 17.2 Å². The van der Waals surface area contributed by atoms with Crippen LogP contribution in [0.25, 0.3) is 0 Å². The molecule has 0 bridgehead atoms. The van der Waals surface area contributed by atoms with Crippen LogP contribution in [0.4, 0.5) is 4.79 Å². The SMILES string of the molecule is CC(C)(C)OC(=O)N1CCC[C@@H]1COc1cccc(CO[Si](C)(C)C(C)(C)C)n1. The first-order chi connectivity index (χ1) is 13.3. The zero-order chi connectivity index (χ0) is 21.9. The Hall–Kier alpha value is -1.60. The first-order valence-electron chi connectivity index (χ1n) is 10.5. The molecule has 0 saturated carbocycles. The number of carbonyl (C=O) groups is 1. The van der Waals surface area contributed by atoms with Crippen molar-refractivity contribution in [3.8, 4) is 5.88 Å². The van der Waals surface area contributed by atoms with Gasteiger partial charge >= 0.3 is 6.09 Å². The fraction of sp³-hybridized carbons (Fsp3) is 0.727. The summed E-state index contributed by atoms with van der Waals surface area (Å²) in [6, 6.07) is 5.76. The Labute approximate surface area is 177 Å².